The number of hydrazone groups is 1. The number of carbonyl (C=O) groups excluding carboxylic acids is 1. The van der Waals surface area contributed by atoms with Crippen molar-refractivity contribution in [1.82, 2.24) is 20.2 Å². The lowest BCUT2D eigenvalue weighted by atomic mass is 10.2. The van der Waals surface area contributed by atoms with Crippen molar-refractivity contribution < 1.29 is 9.53 Å². The van der Waals surface area contributed by atoms with E-state index in [9.17, 15) is 4.79 Å². The lowest BCUT2D eigenvalue weighted by Crippen LogP contribution is -2.20. The molecule has 188 valence electrons. The minimum absolute atomic E-state index is 0.136. The third-order valence-electron chi connectivity index (χ3n) is 5.52. The molecule has 38 heavy (non-hydrogen) atoms. The van der Waals surface area contributed by atoms with E-state index in [1.807, 2.05) is 120 Å². The average Bonchev–Trinajstić information content (AvgIpc) is 3.41. The van der Waals surface area contributed by atoms with Gasteiger partial charge in [-0.05, 0) is 35.4 Å². The van der Waals surface area contributed by atoms with Crippen molar-refractivity contribution in [3.63, 3.8) is 0 Å². The Morgan fingerprint density at radius 1 is 0.868 bits per heavy atom. The van der Waals surface area contributed by atoms with Crippen LogP contribution in [0, 0.1) is 0 Å². The Hall–Kier alpha value is -4.69. The van der Waals surface area contributed by atoms with Crippen LogP contribution in [0.5, 0.6) is 5.75 Å². The van der Waals surface area contributed by atoms with E-state index < -0.39 is 0 Å². The predicted octanol–water partition coefficient (Wildman–Crippen LogP) is 5.76. The second kappa shape index (κ2) is 12.5. The topological polar surface area (TPSA) is 81.4 Å². The summed E-state index contributed by atoms with van der Waals surface area (Å²) in [5.74, 6) is 1.34. The van der Waals surface area contributed by atoms with E-state index in [4.69, 9.17) is 4.74 Å². The van der Waals surface area contributed by atoms with E-state index in [2.05, 4.69) is 20.7 Å². The van der Waals surface area contributed by atoms with Crippen molar-refractivity contribution in [3.8, 4) is 22.8 Å². The number of ether oxygens (including phenoxy) is 1. The molecule has 0 atom stereocenters. The zero-order valence-corrected chi connectivity index (χ0v) is 21.3. The molecule has 7 nitrogen and oxygen atoms in total. The minimum Gasteiger partial charge on any atom is -0.489 e. The first-order chi connectivity index (χ1) is 18.8. The van der Waals surface area contributed by atoms with Crippen LogP contribution in [0.25, 0.3) is 17.1 Å². The van der Waals surface area contributed by atoms with Gasteiger partial charge in [0.2, 0.25) is 0 Å². The molecule has 5 rings (SSSR count). The standard InChI is InChI=1S/C30H25N5O2S/c36-28(32-31-20-24-13-10-18-27(19-24)37-21-23-11-4-1-5-12-23)22-38-30-34-33-29(25-14-6-2-7-15-25)35(30)26-16-8-3-9-17-26/h1-20H,21-22H2,(H,32,36). The molecule has 0 fully saturated rings. The summed E-state index contributed by atoms with van der Waals surface area (Å²) in [7, 11) is 0. The lowest BCUT2D eigenvalue weighted by Gasteiger charge is -2.10. The Morgan fingerprint density at radius 2 is 1.58 bits per heavy atom. The normalized spacial score (nSPS) is 10.9. The van der Waals surface area contributed by atoms with Crippen molar-refractivity contribution in [1.29, 1.82) is 0 Å². The molecule has 0 saturated carbocycles. The van der Waals surface area contributed by atoms with Gasteiger partial charge >= 0.3 is 0 Å². The summed E-state index contributed by atoms with van der Waals surface area (Å²) >= 11 is 1.30. The molecule has 0 bridgehead atoms. The molecular formula is C30H25N5O2S. The molecule has 1 heterocycles. The smallest absolute Gasteiger partial charge is 0.250 e. The van der Waals surface area contributed by atoms with Crippen LogP contribution < -0.4 is 10.2 Å². The highest BCUT2D eigenvalue weighted by Crippen LogP contribution is 2.27. The van der Waals surface area contributed by atoms with Gasteiger partial charge in [0.15, 0.2) is 11.0 Å². The highest BCUT2D eigenvalue weighted by molar-refractivity contribution is 7.99. The summed E-state index contributed by atoms with van der Waals surface area (Å²) in [5.41, 5.74) is 6.37. The number of carbonyl (C=O) groups is 1. The maximum Gasteiger partial charge on any atom is 0.250 e. The van der Waals surface area contributed by atoms with Gasteiger partial charge in [0.25, 0.3) is 5.91 Å². The van der Waals surface area contributed by atoms with E-state index in [0.717, 1.165) is 28.1 Å². The van der Waals surface area contributed by atoms with E-state index in [1.54, 1.807) is 6.21 Å². The summed E-state index contributed by atoms with van der Waals surface area (Å²) in [6.45, 7) is 0.481. The molecule has 0 aliphatic heterocycles. The first-order valence-electron chi connectivity index (χ1n) is 12.0. The van der Waals surface area contributed by atoms with E-state index >= 15 is 0 Å². The Bertz CT molecular complexity index is 1510. The van der Waals surface area contributed by atoms with Gasteiger partial charge in [-0.25, -0.2) is 5.43 Å². The summed E-state index contributed by atoms with van der Waals surface area (Å²) in [5, 5.41) is 13.5. The number of para-hydroxylation sites is 1. The zero-order chi connectivity index (χ0) is 26.0. The van der Waals surface area contributed by atoms with Gasteiger partial charge in [-0.15, -0.1) is 10.2 Å². The average molecular weight is 520 g/mol. The molecule has 0 spiro atoms. The monoisotopic (exact) mass is 519 g/mol. The number of nitrogens with one attached hydrogen (secondary N) is 1. The summed E-state index contributed by atoms with van der Waals surface area (Å²) in [6, 6.07) is 37.2. The van der Waals surface area contributed by atoms with Gasteiger partial charge in [0, 0.05) is 11.3 Å². The maximum atomic E-state index is 12.5. The minimum atomic E-state index is -0.244. The van der Waals surface area contributed by atoms with Crippen molar-refractivity contribution in [2.45, 2.75) is 11.8 Å². The highest BCUT2D eigenvalue weighted by Gasteiger charge is 2.17. The van der Waals surface area contributed by atoms with Crippen LogP contribution in [0.15, 0.2) is 126 Å². The Kier molecular flexibility index (Phi) is 8.23. The Labute approximate surface area is 225 Å². The quantitative estimate of drug-likeness (QED) is 0.144. The number of hydrogen-bond donors (Lipinski definition) is 1. The summed E-state index contributed by atoms with van der Waals surface area (Å²) in [6.07, 6.45) is 1.60. The fourth-order valence-electron chi connectivity index (χ4n) is 3.71. The third kappa shape index (κ3) is 6.54. The maximum absolute atomic E-state index is 12.5. The molecule has 4 aromatic carbocycles. The molecule has 0 aliphatic carbocycles. The van der Waals surface area contributed by atoms with Gasteiger partial charge in [0.05, 0.1) is 12.0 Å². The SMILES string of the molecule is O=C(CSc1nnc(-c2ccccc2)n1-c1ccccc1)NN=Cc1cccc(OCc2ccccc2)c1. The second-order valence-electron chi connectivity index (χ2n) is 8.27. The first-order valence-corrected chi connectivity index (χ1v) is 13.0. The molecule has 1 N–H and O–H groups in total. The lowest BCUT2D eigenvalue weighted by molar-refractivity contribution is -0.118. The summed E-state index contributed by atoms with van der Waals surface area (Å²) < 4.78 is 7.82. The van der Waals surface area contributed by atoms with Crippen LogP contribution in [0.4, 0.5) is 0 Å². The predicted molar refractivity (Wildman–Crippen MR) is 150 cm³/mol. The number of benzene rings is 4. The molecule has 5 aromatic rings. The van der Waals surface area contributed by atoms with Crippen LogP contribution >= 0.6 is 11.8 Å². The Balaban J connectivity index is 1.20. The zero-order valence-electron chi connectivity index (χ0n) is 20.5. The number of amides is 1. The van der Waals surface area contributed by atoms with E-state index in [1.165, 1.54) is 11.8 Å². The molecule has 0 unspecified atom stereocenters. The number of nitrogens with zero attached hydrogens (tertiary/aromatic N) is 4. The number of hydrogen-bond acceptors (Lipinski definition) is 6. The Morgan fingerprint density at radius 3 is 2.34 bits per heavy atom. The van der Waals surface area contributed by atoms with Gasteiger partial charge in [0.1, 0.15) is 12.4 Å². The van der Waals surface area contributed by atoms with Crippen molar-refractivity contribution in [3.05, 3.63) is 126 Å². The van der Waals surface area contributed by atoms with Gasteiger partial charge in [-0.1, -0.05) is 103 Å². The number of thioether (sulfide) groups is 1. The van der Waals surface area contributed by atoms with Crippen LogP contribution in [-0.2, 0) is 11.4 Å². The van der Waals surface area contributed by atoms with Crippen molar-refractivity contribution in [2.75, 3.05) is 5.75 Å². The van der Waals surface area contributed by atoms with Crippen LogP contribution in [-0.4, -0.2) is 32.6 Å². The highest BCUT2D eigenvalue weighted by atomic mass is 32.2. The fourth-order valence-corrected chi connectivity index (χ4v) is 4.46. The molecule has 0 aliphatic rings. The second-order valence-corrected chi connectivity index (χ2v) is 9.21. The molecule has 1 aromatic heterocycles. The van der Waals surface area contributed by atoms with Gasteiger partial charge in [-0.2, -0.15) is 5.10 Å². The van der Waals surface area contributed by atoms with Crippen molar-refractivity contribution >= 4 is 23.9 Å². The van der Waals surface area contributed by atoms with Gasteiger partial charge < -0.3 is 4.74 Å². The third-order valence-corrected chi connectivity index (χ3v) is 6.45. The number of rotatable bonds is 10. The summed E-state index contributed by atoms with van der Waals surface area (Å²) in [4.78, 5) is 12.5. The van der Waals surface area contributed by atoms with E-state index in [-0.39, 0.29) is 11.7 Å². The van der Waals surface area contributed by atoms with Crippen molar-refractivity contribution in [2.24, 2.45) is 5.10 Å². The largest absolute Gasteiger partial charge is 0.489 e. The number of aromatic nitrogens is 3. The molecule has 0 radical (unpaired) electrons. The van der Waals surface area contributed by atoms with Crippen LogP contribution in [0.2, 0.25) is 0 Å². The molecule has 0 saturated heterocycles. The van der Waals surface area contributed by atoms with Crippen LogP contribution in [0.3, 0.4) is 0 Å². The molecule has 1 amide bonds. The van der Waals surface area contributed by atoms with Gasteiger partial charge in [-0.3, -0.25) is 9.36 Å². The first kappa shape index (κ1) is 25.0. The molecule has 8 heteroatoms. The fraction of sp³-hybridized carbons (Fsp3) is 0.0667. The molecular weight excluding hydrogens is 494 g/mol. The van der Waals surface area contributed by atoms with Crippen LogP contribution in [0.1, 0.15) is 11.1 Å². The van der Waals surface area contributed by atoms with E-state index in [0.29, 0.717) is 17.6 Å².